The Bertz CT molecular complexity index is 433. The fourth-order valence-corrected chi connectivity index (χ4v) is 2.97. The molecule has 0 heterocycles. The maximum atomic E-state index is 13.3. The van der Waals surface area contributed by atoms with E-state index in [4.69, 9.17) is 4.74 Å². The molecule has 0 bridgehead atoms. The van der Waals surface area contributed by atoms with Crippen molar-refractivity contribution in [3.63, 3.8) is 0 Å². The van der Waals surface area contributed by atoms with Gasteiger partial charge < -0.3 is 15.2 Å². The number of hydrogen-bond donors (Lipinski definition) is 2. The highest BCUT2D eigenvalue weighted by molar-refractivity contribution is 5.34. The molecule has 1 aliphatic rings. The summed E-state index contributed by atoms with van der Waals surface area (Å²) >= 11 is 0. The number of rotatable bonds is 8. The molecule has 1 aliphatic carbocycles. The Kier molecular flexibility index (Phi) is 6.46. The molecule has 1 aromatic carbocycles. The number of halogens is 1. The fourth-order valence-electron chi connectivity index (χ4n) is 2.97. The van der Waals surface area contributed by atoms with E-state index in [-0.39, 0.29) is 12.4 Å². The maximum absolute atomic E-state index is 13.3. The van der Waals surface area contributed by atoms with E-state index < -0.39 is 6.10 Å². The smallest absolute Gasteiger partial charge is 0.124 e. The standard InChI is InChI=1S/C17H26FNO2/c1-2-19-11-14-10-15(18)7-8-17(14)21-12-16(20)9-13-5-3-4-6-13/h7-8,10,13,16,19-20H,2-6,9,11-12H2,1H3. The summed E-state index contributed by atoms with van der Waals surface area (Å²) in [5.74, 6) is 1.03. The Hall–Kier alpha value is -1.13. The molecule has 118 valence electrons. The first-order chi connectivity index (χ1) is 10.2. The van der Waals surface area contributed by atoms with Crippen molar-refractivity contribution in [2.45, 2.75) is 51.7 Å². The van der Waals surface area contributed by atoms with Gasteiger partial charge in [-0.1, -0.05) is 32.6 Å². The predicted octanol–water partition coefficient (Wildman–Crippen LogP) is 3.26. The summed E-state index contributed by atoms with van der Waals surface area (Å²) < 4.78 is 19.0. The lowest BCUT2D eigenvalue weighted by Crippen LogP contribution is -2.21. The van der Waals surface area contributed by atoms with Crippen LogP contribution in [0.2, 0.25) is 0 Å². The van der Waals surface area contributed by atoms with Crippen LogP contribution >= 0.6 is 0 Å². The highest BCUT2D eigenvalue weighted by Crippen LogP contribution is 2.29. The summed E-state index contributed by atoms with van der Waals surface area (Å²) in [4.78, 5) is 0. The van der Waals surface area contributed by atoms with Crippen LogP contribution in [0, 0.1) is 11.7 Å². The van der Waals surface area contributed by atoms with Crippen LogP contribution in [0.15, 0.2) is 18.2 Å². The van der Waals surface area contributed by atoms with Crippen molar-refractivity contribution in [2.75, 3.05) is 13.2 Å². The van der Waals surface area contributed by atoms with Gasteiger partial charge in [0.2, 0.25) is 0 Å². The van der Waals surface area contributed by atoms with E-state index in [1.54, 1.807) is 6.07 Å². The molecule has 1 fully saturated rings. The van der Waals surface area contributed by atoms with Crippen LogP contribution in [0.5, 0.6) is 5.75 Å². The lowest BCUT2D eigenvalue weighted by molar-refractivity contribution is 0.0850. The first-order valence-electron chi connectivity index (χ1n) is 7.99. The minimum atomic E-state index is -0.440. The average Bonchev–Trinajstić information content (AvgIpc) is 2.97. The number of hydrogen-bond acceptors (Lipinski definition) is 3. The van der Waals surface area contributed by atoms with Gasteiger partial charge in [0.15, 0.2) is 0 Å². The maximum Gasteiger partial charge on any atom is 0.124 e. The molecule has 0 spiro atoms. The molecule has 1 atom stereocenters. The molecule has 3 nitrogen and oxygen atoms in total. The van der Waals surface area contributed by atoms with Gasteiger partial charge in [-0.15, -0.1) is 0 Å². The third kappa shape index (κ3) is 5.29. The molecule has 0 aliphatic heterocycles. The minimum absolute atomic E-state index is 0.262. The van der Waals surface area contributed by atoms with Crippen molar-refractivity contribution in [3.05, 3.63) is 29.6 Å². The number of benzene rings is 1. The Morgan fingerprint density at radius 2 is 2.14 bits per heavy atom. The average molecular weight is 295 g/mol. The zero-order valence-electron chi connectivity index (χ0n) is 12.8. The Morgan fingerprint density at radius 1 is 1.38 bits per heavy atom. The van der Waals surface area contributed by atoms with Crippen molar-refractivity contribution in [2.24, 2.45) is 5.92 Å². The molecule has 1 unspecified atom stereocenters. The van der Waals surface area contributed by atoms with Gasteiger partial charge >= 0.3 is 0 Å². The first-order valence-corrected chi connectivity index (χ1v) is 7.99. The van der Waals surface area contributed by atoms with Crippen LogP contribution in [-0.4, -0.2) is 24.4 Å². The van der Waals surface area contributed by atoms with Crippen LogP contribution < -0.4 is 10.1 Å². The summed E-state index contributed by atoms with van der Waals surface area (Å²) in [6, 6.07) is 4.53. The summed E-state index contributed by atoms with van der Waals surface area (Å²) in [5.41, 5.74) is 0.796. The summed E-state index contributed by atoms with van der Waals surface area (Å²) in [6.07, 6.45) is 5.37. The topological polar surface area (TPSA) is 41.5 Å². The molecule has 2 N–H and O–H groups in total. The fraction of sp³-hybridized carbons (Fsp3) is 0.647. The number of ether oxygens (including phenoxy) is 1. The van der Waals surface area contributed by atoms with Gasteiger partial charge in [-0.3, -0.25) is 0 Å². The van der Waals surface area contributed by atoms with Crippen LogP contribution in [-0.2, 0) is 6.54 Å². The van der Waals surface area contributed by atoms with Gasteiger partial charge in [0.05, 0.1) is 6.10 Å². The van der Waals surface area contributed by atoms with E-state index in [1.165, 1.54) is 37.8 Å². The normalized spacial score (nSPS) is 17.1. The molecular formula is C17H26FNO2. The largest absolute Gasteiger partial charge is 0.491 e. The van der Waals surface area contributed by atoms with E-state index in [2.05, 4.69) is 5.32 Å². The van der Waals surface area contributed by atoms with E-state index in [0.29, 0.717) is 18.2 Å². The summed E-state index contributed by atoms with van der Waals surface area (Å²) in [7, 11) is 0. The zero-order chi connectivity index (χ0) is 15.1. The number of nitrogens with one attached hydrogen (secondary N) is 1. The van der Waals surface area contributed by atoms with Gasteiger partial charge in [0.1, 0.15) is 18.2 Å². The van der Waals surface area contributed by atoms with Crippen molar-refractivity contribution >= 4 is 0 Å². The quantitative estimate of drug-likeness (QED) is 0.773. The van der Waals surface area contributed by atoms with E-state index in [9.17, 15) is 9.50 Å². The van der Waals surface area contributed by atoms with Gasteiger partial charge in [-0.05, 0) is 37.1 Å². The van der Waals surface area contributed by atoms with Gasteiger partial charge in [0.25, 0.3) is 0 Å². The lowest BCUT2D eigenvalue weighted by atomic mass is 10.0. The lowest BCUT2D eigenvalue weighted by Gasteiger charge is -2.17. The van der Waals surface area contributed by atoms with Crippen molar-refractivity contribution < 1.29 is 14.2 Å². The minimum Gasteiger partial charge on any atom is -0.491 e. The van der Waals surface area contributed by atoms with Gasteiger partial charge in [-0.2, -0.15) is 0 Å². The Balaban J connectivity index is 1.86. The third-order valence-electron chi connectivity index (χ3n) is 4.10. The first kappa shape index (κ1) is 16.2. The number of aliphatic hydroxyl groups excluding tert-OH is 1. The molecule has 0 amide bonds. The van der Waals surface area contributed by atoms with Gasteiger partial charge in [0, 0.05) is 12.1 Å². The number of aliphatic hydroxyl groups is 1. The van der Waals surface area contributed by atoms with Crippen LogP contribution in [0.3, 0.4) is 0 Å². The second-order valence-corrected chi connectivity index (χ2v) is 5.88. The zero-order valence-corrected chi connectivity index (χ0v) is 12.8. The molecular weight excluding hydrogens is 269 g/mol. The second kappa shape index (κ2) is 8.35. The molecule has 2 rings (SSSR count). The SMILES string of the molecule is CCNCc1cc(F)ccc1OCC(O)CC1CCCC1. The molecule has 0 aromatic heterocycles. The Morgan fingerprint density at radius 3 is 2.86 bits per heavy atom. The molecule has 1 saturated carbocycles. The summed E-state index contributed by atoms with van der Waals surface area (Å²) in [6.45, 7) is 3.68. The molecule has 21 heavy (non-hydrogen) atoms. The summed E-state index contributed by atoms with van der Waals surface area (Å²) in [5, 5.41) is 13.2. The monoisotopic (exact) mass is 295 g/mol. The van der Waals surface area contributed by atoms with Crippen molar-refractivity contribution in [1.82, 2.24) is 5.32 Å². The van der Waals surface area contributed by atoms with E-state index >= 15 is 0 Å². The van der Waals surface area contributed by atoms with E-state index in [0.717, 1.165) is 18.5 Å². The van der Waals surface area contributed by atoms with Crippen molar-refractivity contribution in [1.29, 1.82) is 0 Å². The molecule has 1 aromatic rings. The molecule has 0 saturated heterocycles. The molecule has 4 heteroatoms. The third-order valence-corrected chi connectivity index (χ3v) is 4.10. The van der Waals surface area contributed by atoms with E-state index in [1.807, 2.05) is 6.92 Å². The van der Waals surface area contributed by atoms with Crippen LogP contribution in [0.1, 0.15) is 44.6 Å². The molecule has 0 radical (unpaired) electrons. The Labute approximate surface area is 126 Å². The predicted molar refractivity (Wildman–Crippen MR) is 81.9 cm³/mol. The van der Waals surface area contributed by atoms with Crippen molar-refractivity contribution in [3.8, 4) is 5.75 Å². The van der Waals surface area contributed by atoms with Crippen LogP contribution in [0.25, 0.3) is 0 Å². The van der Waals surface area contributed by atoms with Gasteiger partial charge in [-0.25, -0.2) is 4.39 Å². The highest BCUT2D eigenvalue weighted by atomic mass is 19.1. The highest BCUT2D eigenvalue weighted by Gasteiger charge is 2.19. The second-order valence-electron chi connectivity index (χ2n) is 5.88. The van der Waals surface area contributed by atoms with Crippen LogP contribution in [0.4, 0.5) is 4.39 Å².